The Bertz CT molecular complexity index is 195. The van der Waals surface area contributed by atoms with E-state index in [2.05, 4.69) is 26.1 Å². The first kappa shape index (κ1) is 15.0. The smallest absolute Gasteiger partial charge is 0.0474 e. The van der Waals surface area contributed by atoms with Crippen molar-refractivity contribution in [1.29, 1.82) is 0 Å². The van der Waals surface area contributed by atoms with E-state index in [1.807, 2.05) is 0 Å². The van der Waals surface area contributed by atoms with Crippen LogP contribution in [-0.4, -0.2) is 23.8 Å². The molecule has 0 heterocycles. The summed E-state index contributed by atoms with van der Waals surface area (Å²) in [5.41, 5.74) is 0. The second kappa shape index (κ2) is 8.10. The molecule has 1 fully saturated rings. The van der Waals surface area contributed by atoms with E-state index >= 15 is 0 Å². The van der Waals surface area contributed by atoms with Gasteiger partial charge in [-0.25, -0.2) is 0 Å². The van der Waals surface area contributed by atoms with Gasteiger partial charge in [-0.1, -0.05) is 40.0 Å². The van der Waals surface area contributed by atoms with Crippen molar-refractivity contribution in [3.8, 4) is 0 Å². The third-order valence-electron chi connectivity index (χ3n) is 4.47. The predicted molar refractivity (Wildman–Crippen MR) is 74.1 cm³/mol. The highest BCUT2D eigenvalue weighted by Gasteiger charge is 2.26. The van der Waals surface area contributed by atoms with Crippen LogP contribution in [0.5, 0.6) is 0 Å². The minimum Gasteiger partial charge on any atom is -0.396 e. The molecule has 1 aliphatic carbocycles. The molecule has 0 saturated heterocycles. The Balaban J connectivity index is 2.42. The minimum absolute atomic E-state index is 0.359. The first-order chi connectivity index (χ1) is 8.21. The van der Waals surface area contributed by atoms with E-state index < -0.39 is 0 Å². The number of aliphatic hydroxyl groups excluding tert-OH is 1. The monoisotopic (exact) mass is 241 g/mol. The number of nitrogens with one attached hydrogen (secondary N) is 1. The van der Waals surface area contributed by atoms with Crippen LogP contribution in [0.1, 0.15) is 65.7 Å². The maximum Gasteiger partial charge on any atom is 0.0474 e. The molecule has 102 valence electrons. The molecule has 2 nitrogen and oxygen atoms in total. The van der Waals surface area contributed by atoms with Gasteiger partial charge in [-0.2, -0.15) is 0 Å². The van der Waals surface area contributed by atoms with Crippen LogP contribution < -0.4 is 5.32 Å². The van der Waals surface area contributed by atoms with E-state index in [0.717, 1.165) is 5.92 Å². The Morgan fingerprint density at radius 3 is 2.47 bits per heavy atom. The Morgan fingerprint density at radius 2 is 1.88 bits per heavy atom. The van der Waals surface area contributed by atoms with E-state index in [4.69, 9.17) is 0 Å². The number of hydrogen-bond donors (Lipinski definition) is 2. The van der Waals surface area contributed by atoms with Gasteiger partial charge in [-0.3, -0.25) is 0 Å². The van der Waals surface area contributed by atoms with Gasteiger partial charge in [0.2, 0.25) is 0 Å². The minimum atomic E-state index is 0.359. The summed E-state index contributed by atoms with van der Waals surface area (Å²) in [4.78, 5) is 0. The molecule has 2 N–H and O–H groups in total. The highest BCUT2D eigenvalue weighted by Crippen LogP contribution is 2.25. The fraction of sp³-hybridized carbons (Fsp3) is 1.00. The van der Waals surface area contributed by atoms with Crippen molar-refractivity contribution in [3.63, 3.8) is 0 Å². The first-order valence-electron chi connectivity index (χ1n) is 7.58. The van der Waals surface area contributed by atoms with Crippen LogP contribution in [0.3, 0.4) is 0 Å². The fourth-order valence-corrected chi connectivity index (χ4v) is 2.95. The van der Waals surface area contributed by atoms with E-state index in [9.17, 15) is 5.11 Å². The molecule has 17 heavy (non-hydrogen) atoms. The van der Waals surface area contributed by atoms with Crippen LogP contribution in [0, 0.1) is 11.8 Å². The van der Waals surface area contributed by atoms with Crippen molar-refractivity contribution in [2.45, 2.75) is 77.8 Å². The van der Waals surface area contributed by atoms with Gasteiger partial charge < -0.3 is 10.4 Å². The summed E-state index contributed by atoms with van der Waals surface area (Å²) < 4.78 is 0. The lowest BCUT2D eigenvalue weighted by molar-refractivity contribution is 0.142. The van der Waals surface area contributed by atoms with Crippen molar-refractivity contribution in [3.05, 3.63) is 0 Å². The summed E-state index contributed by atoms with van der Waals surface area (Å²) >= 11 is 0. The molecule has 0 bridgehead atoms. The molecule has 0 aromatic heterocycles. The van der Waals surface area contributed by atoms with Gasteiger partial charge in [0, 0.05) is 18.7 Å². The zero-order valence-corrected chi connectivity index (χ0v) is 11.9. The van der Waals surface area contributed by atoms with E-state index in [-0.39, 0.29) is 0 Å². The lowest BCUT2D eigenvalue weighted by Crippen LogP contribution is -2.45. The Hall–Kier alpha value is -0.0800. The number of rotatable bonds is 7. The molecule has 1 aliphatic rings. The molecule has 2 heteroatoms. The maximum absolute atomic E-state index is 9.44. The van der Waals surface area contributed by atoms with E-state index in [1.165, 1.54) is 44.9 Å². The van der Waals surface area contributed by atoms with Gasteiger partial charge in [-0.15, -0.1) is 0 Å². The van der Waals surface area contributed by atoms with E-state index in [0.29, 0.717) is 24.6 Å². The van der Waals surface area contributed by atoms with Crippen LogP contribution in [0.2, 0.25) is 0 Å². The van der Waals surface area contributed by atoms with Gasteiger partial charge in [0.05, 0.1) is 0 Å². The third kappa shape index (κ3) is 4.97. The molecule has 0 aromatic rings. The maximum atomic E-state index is 9.44. The lowest BCUT2D eigenvalue weighted by Gasteiger charge is -2.34. The molecular weight excluding hydrogens is 210 g/mol. The second-order valence-electron chi connectivity index (χ2n) is 5.85. The van der Waals surface area contributed by atoms with Gasteiger partial charge in [0.1, 0.15) is 0 Å². The van der Waals surface area contributed by atoms with Gasteiger partial charge >= 0.3 is 0 Å². The molecule has 1 saturated carbocycles. The molecule has 4 unspecified atom stereocenters. The van der Waals surface area contributed by atoms with Crippen LogP contribution in [-0.2, 0) is 0 Å². The van der Waals surface area contributed by atoms with E-state index in [1.54, 1.807) is 0 Å². The normalized spacial score (nSPS) is 28.9. The standard InChI is InChI=1S/C15H31NO/c1-4-12(3)10-14(5-2)16-15-9-7-6-8-13(15)11-17/h12-17H,4-11H2,1-3H3. The summed E-state index contributed by atoms with van der Waals surface area (Å²) in [5.74, 6) is 1.30. The largest absolute Gasteiger partial charge is 0.396 e. The molecule has 0 radical (unpaired) electrons. The topological polar surface area (TPSA) is 32.3 Å². The molecule has 0 aromatic carbocycles. The number of aliphatic hydroxyl groups is 1. The zero-order valence-electron chi connectivity index (χ0n) is 11.9. The van der Waals surface area contributed by atoms with Gasteiger partial charge in [0.25, 0.3) is 0 Å². The molecule has 4 atom stereocenters. The second-order valence-corrected chi connectivity index (χ2v) is 5.85. The number of hydrogen-bond acceptors (Lipinski definition) is 2. The quantitative estimate of drug-likeness (QED) is 0.716. The summed E-state index contributed by atoms with van der Waals surface area (Å²) in [7, 11) is 0. The zero-order chi connectivity index (χ0) is 12.7. The van der Waals surface area contributed by atoms with Crippen LogP contribution in [0.15, 0.2) is 0 Å². The summed E-state index contributed by atoms with van der Waals surface area (Å²) in [6, 6.07) is 1.20. The lowest BCUT2D eigenvalue weighted by atomic mass is 9.84. The molecule has 1 rings (SSSR count). The highest BCUT2D eigenvalue weighted by atomic mass is 16.3. The summed E-state index contributed by atoms with van der Waals surface area (Å²) in [5, 5.41) is 13.2. The van der Waals surface area contributed by atoms with Crippen molar-refractivity contribution < 1.29 is 5.11 Å². The first-order valence-corrected chi connectivity index (χ1v) is 7.58. The average Bonchev–Trinajstić information content (AvgIpc) is 2.38. The highest BCUT2D eigenvalue weighted by molar-refractivity contribution is 4.83. The van der Waals surface area contributed by atoms with Crippen LogP contribution >= 0.6 is 0 Å². The van der Waals surface area contributed by atoms with Crippen molar-refractivity contribution in [1.82, 2.24) is 5.32 Å². The summed E-state index contributed by atoms with van der Waals surface area (Å²) in [6.07, 6.45) is 8.84. The fourth-order valence-electron chi connectivity index (χ4n) is 2.95. The van der Waals surface area contributed by atoms with Gasteiger partial charge in [-0.05, 0) is 37.5 Å². The van der Waals surface area contributed by atoms with Crippen molar-refractivity contribution in [2.75, 3.05) is 6.61 Å². The average molecular weight is 241 g/mol. The van der Waals surface area contributed by atoms with Gasteiger partial charge in [0.15, 0.2) is 0 Å². The third-order valence-corrected chi connectivity index (χ3v) is 4.47. The van der Waals surface area contributed by atoms with Crippen LogP contribution in [0.4, 0.5) is 0 Å². The van der Waals surface area contributed by atoms with Crippen LogP contribution in [0.25, 0.3) is 0 Å². The Labute approximate surface area is 107 Å². The molecule has 0 spiro atoms. The van der Waals surface area contributed by atoms with Crippen molar-refractivity contribution >= 4 is 0 Å². The Morgan fingerprint density at radius 1 is 1.18 bits per heavy atom. The van der Waals surface area contributed by atoms with Crippen molar-refractivity contribution in [2.24, 2.45) is 11.8 Å². The molecule has 0 aliphatic heterocycles. The molecular formula is C15H31NO. The molecule has 0 amide bonds. The summed E-state index contributed by atoms with van der Waals surface area (Å²) in [6.45, 7) is 7.25. The Kier molecular flexibility index (Phi) is 7.14. The SMILES string of the molecule is CCC(C)CC(CC)NC1CCCCC1CO. The predicted octanol–water partition coefficient (Wildman–Crippen LogP) is 3.34.